The number of fused-ring (bicyclic) bond motifs is 1. The van der Waals surface area contributed by atoms with Gasteiger partial charge in [0.1, 0.15) is 23.9 Å². The zero-order chi connectivity index (χ0) is 28.6. The van der Waals surface area contributed by atoms with E-state index in [1.165, 1.54) is 12.2 Å². The molecular weight excluding hydrogens is 510 g/mol. The summed E-state index contributed by atoms with van der Waals surface area (Å²) in [7, 11) is 3.06. The summed E-state index contributed by atoms with van der Waals surface area (Å²) in [6.45, 7) is 2.59. The molecule has 5 N–H and O–H groups in total. The summed E-state index contributed by atoms with van der Waals surface area (Å²) < 4.78 is 10.6. The Morgan fingerprint density at radius 3 is 2.48 bits per heavy atom. The van der Waals surface area contributed by atoms with Gasteiger partial charge in [0, 0.05) is 41.4 Å². The minimum absolute atomic E-state index is 0.140. The smallest absolute Gasteiger partial charge is 0.273 e. The molecule has 0 radical (unpaired) electrons. The van der Waals surface area contributed by atoms with Crippen molar-refractivity contribution >= 4 is 40.8 Å². The number of benzene rings is 3. The highest BCUT2D eigenvalue weighted by Gasteiger charge is 2.23. The highest BCUT2D eigenvalue weighted by atomic mass is 16.7. The van der Waals surface area contributed by atoms with Crippen molar-refractivity contribution in [3.63, 3.8) is 0 Å². The molecule has 0 saturated heterocycles. The topological polar surface area (TPSA) is 142 Å². The van der Waals surface area contributed by atoms with E-state index in [2.05, 4.69) is 10.3 Å². The van der Waals surface area contributed by atoms with Gasteiger partial charge in [-0.25, -0.2) is 10.1 Å². The Bertz CT molecular complexity index is 1450. The molecule has 4 rings (SSSR count). The van der Waals surface area contributed by atoms with Crippen molar-refractivity contribution in [2.75, 3.05) is 31.8 Å². The van der Waals surface area contributed by atoms with Crippen molar-refractivity contribution in [3.05, 3.63) is 82.9 Å². The van der Waals surface area contributed by atoms with E-state index in [0.29, 0.717) is 58.2 Å². The fraction of sp³-hybridized carbons (Fsp3) is 0.233. The van der Waals surface area contributed by atoms with Gasteiger partial charge in [-0.3, -0.25) is 14.4 Å². The molecule has 1 aliphatic rings. The zero-order valence-electron chi connectivity index (χ0n) is 22.8. The lowest BCUT2D eigenvalue weighted by atomic mass is 10.0. The van der Waals surface area contributed by atoms with Crippen LogP contribution in [0.15, 0.2) is 71.2 Å². The molecule has 1 aliphatic heterocycles. The SMILES string of the molecule is CCCN(OCc1ccc(N)cc1)C(=O)C1=Cc2ccc(C(=O)Nc3cc(OC)ccc3OC)cc2N=C(N)C1. The molecule has 3 aromatic rings. The van der Waals surface area contributed by atoms with Crippen LogP contribution in [0.5, 0.6) is 11.5 Å². The second-order valence-electron chi connectivity index (χ2n) is 9.17. The number of hydroxylamine groups is 2. The number of amidine groups is 1. The molecule has 0 unspecified atom stereocenters. The van der Waals surface area contributed by atoms with Crippen LogP contribution in [0.4, 0.5) is 17.1 Å². The molecule has 0 fully saturated rings. The Balaban J connectivity index is 1.55. The van der Waals surface area contributed by atoms with E-state index in [-0.39, 0.29) is 30.7 Å². The highest BCUT2D eigenvalue weighted by Crippen LogP contribution is 2.31. The molecule has 10 nitrogen and oxygen atoms in total. The lowest BCUT2D eigenvalue weighted by Crippen LogP contribution is -2.34. The van der Waals surface area contributed by atoms with Crippen molar-refractivity contribution in [1.82, 2.24) is 5.06 Å². The van der Waals surface area contributed by atoms with Crippen LogP contribution < -0.4 is 26.3 Å². The second kappa shape index (κ2) is 12.8. The third-order valence-corrected chi connectivity index (χ3v) is 6.21. The first-order chi connectivity index (χ1) is 19.3. The molecule has 0 spiro atoms. The molecule has 0 aromatic heterocycles. The number of nitrogens with two attached hydrogens (primary N) is 2. The lowest BCUT2D eigenvalue weighted by Gasteiger charge is -2.22. The van der Waals surface area contributed by atoms with Gasteiger partial charge in [-0.05, 0) is 54.5 Å². The number of carbonyl (C=O) groups excluding carboxylic acids is 2. The third kappa shape index (κ3) is 6.78. The van der Waals surface area contributed by atoms with Crippen molar-refractivity contribution in [2.45, 2.75) is 26.4 Å². The maximum absolute atomic E-state index is 13.5. The van der Waals surface area contributed by atoms with Crippen molar-refractivity contribution in [1.29, 1.82) is 0 Å². The molecule has 3 aromatic carbocycles. The quantitative estimate of drug-likeness (QED) is 0.249. The number of ether oxygens (including phenoxy) is 2. The van der Waals surface area contributed by atoms with Gasteiger partial charge in [-0.1, -0.05) is 25.1 Å². The largest absolute Gasteiger partial charge is 0.497 e. The number of nitrogen functional groups attached to an aromatic ring is 1. The number of hydrogen-bond acceptors (Lipinski definition) is 8. The van der Waals surface area contributed by atoms with E-state index in [1.807, 2.05) is 19.1 Å². The molecule has 2 amide bonds. The number of methoxy groups -OCH3 is 2. The van der Waals surface area contributed by atoms with Crippen molar-refractivity contribution in [3.8, 4) is 11.5 Å². The number of rotatable bonds is 10. The first kappa shape index (κ1) is 28.2. The number of nitrogens with one attached hydrogen (secondary N) is 1. The normalized spacial score (nSPS) is 12.4. The number of amides is 2. The molecule has 0 atom stereocenters. The molecule has 0 bridgehead atoms. The summed E-state index contributed by atoms with van der Waals surface area (Å²) in [6.07, 6.45) is 2.59. The Labute approximate surface area is 233 Å². The van der Waals surface area contributed by atoms with Crippen LogP contribution in [0.25, 0.3) is 6.08 Å². The summed E-state index contributed by atoms with van der Waals surface area (Å²) in [6, 6.07) is 17.4. The van der Waals surface area contributed by atoms with Crippen molar-refractivity contribution in [2.24, 2.45) is 10.7 Å². The predicted molar refractivity (Wildman–Crippen MR) is 155 cm³/mol. The van der Waals surface area contributed by atoms with Gasteiger partial charge in [0.05, 0.1) is 25.6 Å². The predicted octanol–water partition coefficient (Wildman–Crippen LogP) is 4.68. The Kier molecular flexibility index (Phi) is 9.03. The number of aliphatic imine (C=N–C) groups is 1. The van der Waals surface area contributed by atoms with Gasteiger partial charge in [0.25, 0.3) is 11.8 Å². The lowest BCUT2D eigenvalue weighted by molar-refractivity contribution is -0.187. The number of hydrogen-bond donors (Lipinski definition) is 3. The van der Waals surface area contributed by atoms with E-state index in [0.717, 1.165) is 5.56 Å². The van der Waals surface area contributed by atoms with Crippen LogP contribution in [0, 0.1) is 0 Å². The fourth-order valence-electron chi connectivity index (χ4n) is 4.13. The van der Waals surface area contributed by atoms with Crippen LogP contribution >= 0.6 is 0 Å². The van der Waals surface area contributed by atoms with Gasteiger partial charge in [-0.15, -0.1) is 0 Å². The maximum atomic E-state index is 13.5. The maximum Gasteiger partial charge on any atom is 0.273 e. The molecule has 1 heterocycles. The summed E-state index contributed by atoms with van der Waals surface area (Å²) >= 11 is 0. The molecule has 40 heavy (non-hydrogen) atoms. The molecule has 10 heteroatoms. The summed E-state index contributed by atoms with van der Waals surface area (Å²) in [5, 5.41) is 4.20. The van der Waals surface area contributed by atoms with Crippen LogP contribution in [0.2, 0.25) is 0 Å². The van der Waals surface area contributed by atoms with E-state index >= 15 is 0 Å². The van der Waals surface area contributed by atoms with E-state index in [4.69, 9.17) is 25.8 Å². The van der Waals surface area contributed by atoms with Gasteiger partial charge >= 0.3 is 0 Å². The molecular formula is C30H33N5O5. The Morgan fingerprint density at radius 1 is 1.00 bits per heavy atom. The molecule has 208 valence electrons. The summed E-state index contributed by atoms with van der Waals surface area (Å²) in [4.78, 5) is 36.9. The molecule has 0 aliphatic carbocycles. The van der Waals surface area contributed by atoms with E-state index < -0.39 is 0 Å². The fourth-order valence-corrected chi connectivity index (χ4v) is 4.13. The minimum atomic E-state index is -0.363. The van der Waals surface area contributed by atoms with Gasteiger partial charge in [-0.2, -0.15) is 0 Å². The van der Waals surface area contributed by atoms with Crippen LogP contribution in [-0.4, -0.2) is 43.5 Å². The standard InChI is InChI=1S/C30H33N5O5/c1-4-13-35(40-18-19-5-9-23(31)10-6-19)30(37)22-14-20-7-8-21(15-25(20)33-28(32)16-22)29(36)34-26-17-24(38-2)11-12-27(26)39-3/h5-12,14-15,17H,4,13,16,18,31H2,1-3H3,(H2,32,33)(H,34,36). The Hall–Kier alpha value is -4.83. The number of anilines is 2. The van der Waals surface area contributed by atoms with Crippen LogP contribution in [-0.2, 0) is 16.2 Å². The number of carbonyl (C=O) groups is 2. The van der Waals surface area contributed by atoms with Crippen LogP contribution in [0.3, 0.4) is 0 Å². The van der Waals surface area contributed by atoms with Gasteiger partial charge < -0.3 is 26.3 Å². The summed E-state index contributed by atoms with van der Waals surface area (Å²) in [5.41, 5.74) is 15.9. The first-order valence-corrected chi connectivity index (χ1v) is 12.8. The highest BCUT2D eigenvalue weighted by molar-refractivity contribution is 6.08. The molecule has 0 saturated carbocycles. The summed E-state index contributed by atoms with van der Waals surface area (Å²) in [5.74, 6) is 0.660. The minimum Gasteiger partial charge on any atom is -0.497 e. The first-order valence-electron chi connectivity index (χ1n) is 12.8. The zero-order valence-corrected chi connectivity index (χ0v) is 22.8. The average Bonchev–Trinajstić information content (AvgIpc) is 3.13. The number of nitrogens with zero attached hydrogens (tertiary/aromatic N) is 2. The van der Waals surface area contributed by atoms with E-state index in [9.17, 15) is 9.59 Å². The third-order valence-electron chi connectivity index (χ3n) is 6.21. The van der Waals surface area contributed by atoms with E-state index in [1.54, 1.807) is 61.7 Å². The average molecular weight is 544 g/mol. The second-order valence-corrected chi connectivity index (χ2v) is 9.17. The Morgan fingerprint density at radius 2 is 1.77 bits per heavy atom. The van der Waals surface area contributed by atoms with Gasteiger partial charge in [0.15, 0.2) is 0 Å². The van der Waals surface area contributed by atoms with Crippen LogP contribution in [0.1, 0.15) is 41.3 Å². The van der Waals surface area contributed by atoms with Crippen molar-refractivity contribution < 1.29 is 23.9 Å². The monoisotopic (exact) mass is 543 g/mol. The van der Waals surface area contributed by atoms with Gasteiger partial charge in [0.2, 0.25) is 0 Å².